The second kappa shape index (κ2) is 5.27. The molecule has 2 rings (SSSR count). The second-order valence-corrected chi connectivity index (χ2v) is 4.93. The zero-order chi connectivity index (χ0) is 13.1. The molecule has 0 bridgehead atoms. The third kappa shape index (κ3) is 2.56. The van der Waals surface area contributed by atoms with Crippen LogP contribution in [-0.4, -0.2) is 15.5 Å². The van der Waals surface area contributed by atoms with E-state index < -0.39 is 0 Å². The van der Waals surface area contributed by atoms with Gasteiger partial charge in [-0.05, 0) is 43.4 Å². The number of nitrogens with one attached hydrogen (secondary N) is 1. The Bertz CT molecular complexity index is 577. The Kier molecular flexibility index (Phi) is 3.72. The van der Waals surface area contributed by atoms with E-state index >= 15 is 0 Å². The third-order valence-corrected chi connectivity index (χ3v) is 3.49. The average Bonchev–Trinajstić information content (AvgIpc) is 2.81. The van der Waals surface area contributed by atoms with Gasteiger partial charge in [0.1, 0.15) is 4.88 Å². The van der Waals surface area contributed by atoms with Crippen LogP contribution in [-0.2, 0) is 6.42 Å². The summed E-state index contributed by atoms with van der Waals surface area (Å²) in [5.74, 6) is -0.131. The Morgan fingerprint density at radius 1 is 1.39 bits per heavy atom. The molecule has 0 fully saturated rings. The fraction of sp³-hybridized carbons (Fsp3) is 0.308. The van der Waals surface area contributed by atoms with E-state index in [0.717, 1.165) is 28.5 Å². The van der Waals surface area contributed by atoms with Crippen molar-refractivity contribution in [1.29, 1.82) is 0 Å². The van der Waals surface area contributed by atoms with E-state index in [-0.39, 0.29) is 5.91 Å². The largest absolute Gasteiger partial charge is 0.321 e. The van der Waals surface area contributed by atoms with Crippen LogP contribution < -0.4 is 5.32 Å². The molecule has 0 atom stereocenters. The molecule has 5 heteroatoms. The van der Waals surface area contributed by atoms with Crippen molar-refractivity contribution in [3.8, 4) is 0 Å². The van der Waals surface area contributed by atoms with Crippen LogP contribution in [0.3, 0.4) is 0 Å². The highest BCUT2D eigenvalue weighted by Crippen LogP contribution is 2.19. The molecule has 1 heterocycles. The average molecular weight is 261 g/mol. The van der Waals surface area contributed by atoms with E-state index in [1.54, 1.807) is 0 Å². The lowest BCUT2D eigenvalue weighted by molar-refractivity contribution is 0.102. The van der Waals surface area contributed by atoms with Gasteiger partial charge < -0.3 is 5.32 Å². The number of aromatic nitrogens is 2. The number of carbonyl (C=O) groups excluding carboxylic acids is 1. The molecule has 0 saturated carbocycles. The van der Waals surface area contributed by atoms with E-state index in [2.05, 4.69) is 14.9 Å². The fourth-order valence-electron chi connectivity index (χ4n) is 1.75. The van der Waals surface area contributed by atoms with Crippen LogP contribution in [0.1, 0.15) is 33.4 Å². The molecule has 1 N–H and O–H groups in total. The van der Waals surface area contributed by atoms with Gasteiger partial charge in [-0.25, -0.2) is 0 Å². The van der Waals surface area contributed by atoms with Gasteiger partial charge in [-0.15, -0.1) is 5.10 Å². The summed E-state index contributed by atoms with van der Waals surface area (Å²) in [5, 5.41) is 6.85. The predicted octanol–water partition coefficient (Wildman–Crippen LogP) is 2.97. The third-order valence-electron chi connectivity index (χ3n) is 2.73. The standard InChI is InChI=1S/C13H15N3OS/c1-4-10-12(18-16-15-10)13(17)14-11-6-5-8(2)7-9(11)3/h5-7H,4H2,1-3H3,(H,14,17). The van der Waals surface area contributed by atoms with Gasteiger partial charge in [0.25, 0.3) is 5.91 Å². The number of rotatable bonds is 3. The number of amides is 1. The Labute approximate surface area is 110 Å². The summed E-state index contributed by atoms with van der Waals surface area (Å²) in [6.07, 6.45) is 0.714. The van der Waals surface area contributed by atoms with E-state index in [1.807, 2.05) is 39.0 Å². The highest BCUT2D eigenvalue weighted by molar-refractivity contribution is 7.08. The number of hydrogen-bond acceptors (Lipinski definition) is 4. The van der Waals surface area contributed by atoms with Gasteiger partial charge in [0.05, 0.1) is 5.69 Å². The van der Waals surface area contributed by atoms with Gasteiger partial charge in [0.2, 0.25) is 0 Å². The molecular formula is C13H15N3OS. The lowest BCUT2D eigenvalue weighted by Crippen LogP contribution is -2.13. The molecular weight excluding hydrogens is 246 g/mol. The van der Waals surface area contributed by atoms with Gasteiger partial charge in [0, 0.05) is 5.69 Å². The van der Waals surface area contributed by atoms with E-state index in [9.17, 15) is 4.79 Å². The SMILES string of the molecule is CCc1nnsc1C(=O)Nc1ccc(C)cc1C. The number of anilines is 1. The maximum Gasteiger partial charge on any atom is 0.269 e. The molecule has 0 aliphatic rings. The molecule has 0 radical (unpaired) electrons. The Morgan fingerprint density at radius 3 is 2.83 bits per heavy atom. The van der Waals surface area contributed by atoms with Gasteiger partial charge in [-0.1, -0.05) is 29.1 Å². The first-order chi connectivity index (χ1) is 8.61. The van der Waals surface area contributed by atoms with Gasteiger partial charge in [0.15, 0.2) is 0 Å². The van der Waals surface area contributed by atoms with Gasteiger partial charge in [-0.2, -0.15) is 0 Å². The summed E-state index contributed by atoms with van der Waals surface area (Å²) in [5.41, 5.74) is 3.82. The second-order valence-electron chi connectivity index (χ2n) is 4.17. The summed E-state index contributed by atoms with van der Waals surface area (Å²) in [6, 6.07) is 5.94. The summed E-state index contributed by atoms with van der Waals surface area (Å²) >= 11 is 1.14. The smallest absolute Gasteiger partial charge is 0.269 e. The van der Waals surface area contributed by atoms with Crippen molar-refractivity contribution in [3.05, 3.63) is 39.9 Å². The van der Waals surface area contributed by atoms with Crippen LogP contribution in [0.25, 0.3) is 0 Å². The predicted molar refractivity (Wildman–Crippen MR) is 73.2 cm³/mol. The van der Waals surface area contributed by atoms with Crippen molar-refractivity contribution >= 4 is 23.1 Å². The van der Waals surface area contributed by atoms with Crippen LogP contribution in [0.4, 0.5) is 5.69 Å². The van der Waals surface area contributed by atoms with Crippen molar-refractivity contribution in [2.24, 2.45) is 0 Å². The lowest BCUT2D eigenvalue weighted by atomic mass is 10.1. The van der Waals surface area contributed by atoms with Crippen LogP contribution in [0.2, 0.25) is 0 Å². The molecule has 1 aromatic carbocycles. The summed E-state index contributed by atoms with van der Waals surface area (Å²) in [6.45, 7) is 5.97. The number of nitrogens with zero attached hydrogens (tertiary/aromatic N) is 2. The first kappa shape index (κ1) is 12.7. The van der Waals surface area contributed by atoms with E-state index in [4.69, 9.17) is 0 Å². The van der Waals surface area contributed by atoms with Crippen LogP contribution >= 0.6 is 11.5 Å². The van der Waals surface area contributed by atoms with Crippen LogP contribution in [0.5, 0.6) is 0 Å². The number of benzene rings is 1. The molecule has 1 amide bonds. The van der Waals surface area contributed by atoms with Crippen molar-refractivity contribution in [1.82, 2.24) is 9.59 Å². The first-order valence-electron chi connectivity index (χ1n) is 5.81. The molecule has 94 valence electrons. The van der Waals surface area contributed by atoms with Gasteiger partial charge in [-0.3, -0.25) is 4.79 Å². The van der Waals surface area contributed by atoms with E-state index in [0.29, 0.717) is 11.3 Å². The van der Waals surface area contributed by atoms with E-state index in [1.165, 1.54) is 5.56 Å². The molecule has 0 aliphatic heterocycles. The van der Waals surface area contributed by atoms with Crippen molar-refractivity contribution in [2.75, 3.05) is 5.32 Å². The van der Waals surface area contributed by atoms with Gasteiger partial charge >= 0.3 is 0 Å². The first-order valence-corrected chi connectivity index (χ1v) is 6.59. The Balaban J connectivity index is 2.21. The molecule has 0 unspecified atom stereocenters. The topological polar surface area (TPSA) is 54.9 Å². The highest BCUT2D eigenvalue weighted by atomic mass is 32.1. The minimum atomic E-state index is -0.131. The number of hydrogen-bond donors (Lipinski definition) is 1. The maximum atomic E-state index is 12.1. The molecule has 0 saturated heterocycles. The summed E-state index contributed by atoms with van der Waals surface area (Å²) < 4.78 is 3.82. The maximum absolute atomic E-state index is 12.1. The number of carbonyl (C=O) groups is 1. The van der Waals surface area contributed by atoms with Crippen molar-refractivity contribution in [3.63, 3.8) is 0 Å². The fourth-order valence-corrected chi connectivity index (χ4v) is 2.39. The molecule has 18 heavy (non-hydrogen) atoms. The summed E-state index contributed by atoms with van der Waals surface area (Å²) in [7, 11) is 0. The minimum Gasteiger partial charge on any atom is -0.321 e. The highest BCUT2D eigenvalue weighted by Gasteiger charge is 2.15. The lowest BCUT2D eigenvalue weighted by Gasteiger charge is -2.08. The number of aryl methyl sites for hydroxylation is 3. The molecule has 0 aliphatic carbocycles. The van der Waals surface area contributed by atoms with Crippen molar-refractivity contribution in [2.45, 2.75) is 27.2 Å². The quantitative estimate of drug-likeness (QED) is 0.924. The Morgan fingerprint density at radius 2 is 2.17 bits per heavy atom. The minimum absolute atomic E-state index is 0.131. The summed E-state index contributed by atoms with van der Waals surface area (Å²) in [4.78, 5) is 12.7. The molecule has 4 nitrogen and oxygen atoms in total. The zero-order valence-electron chi connectivity index (χ0n) is 10.7. The van der Waals surface area contributed by atoms with Crippen LogP contribution in [0.15, 0.2) is 18.2 Å². The van der Waals surface area contributed by atoms with Crippen LogP contribution in [0, 0.1) is 13.8 Å². The normalized spacial score (nSPS) is 10.4. The van der Waals surface area contributed by atoms with Crippen molar-refractivity contribution < 1.29 is 4.79 Å². The molecule has 2 aromatic rings. The monoisotopic (exact) mass is 261 g/mol. The Hall–Kier alpha value is -1.75. The molecule has 0 spiro atoms. The zero-order valence-corrected chi connectivity index (χ0v) is 11.5. The molecule has 1 aromatic heterocycles.